The maximum atomic E-state index is 13.2. The first kappa shape index (κ1) is 18.2. The van der Waals surface area contributed by atoms with Crippen molar-refractivity contribution in [3.63, 3.8) is 0 Å². The number of aryl methyl sites for hydroxylation is 2. The second kappa shape index (κ2) is 6.48. The molecular weight excluding hydrogens is 362 g/mol. The van der Waals surface area contributed by atoms with Crippen molar-refractivity contribution >= 4 is 34.4 Å². The number of urea groups is 1. The van der Waals surface area contributed by atoms with Crippen LogP contribution in [0.25, 0.3) is 10.9 Å². The summed E-state index contributed by atoms with van der Waals surface area (Å²) in [5, 5.41) is 4.29. The number of carbonyl (C=O) groups excluding carboxylic acids is 2. The van der Waals surface area contributed by atoms with E-state index in [0.29, 0.717) is 17.1 Å². The number of nitrogens with one attached hydrogen (secondary N) is 1. The molecule has 1 N–H and O–H groups in total. The molecule has 3 amide bonds. The zero-order valence-corrected chi connectivity index (χ0v) is 16.7. The van der Waals surface area contributed by atoms with Crippen molar-refractivity contribution in [1.29, 1.82) is 0 Å². The molecule has 1 aliphatic carbocycles. The lowest BCUT2D eigenvalue weighted by atomic mass is 9.73. The van der Waals surface area contributed by atoms with E-state index in [1.807, 2.05) is 32.0 Å². The smallest absolute Gasteiger partial charge is 0.323 e. The predicted molar refractivity (Wildman–Crippen MR) is 106 cm³/mol. The van der Waals surface area contributed by atoms with E-state index in [0.717, 1.165) is 41.3 Å². The van der Waals surface area contributed by atoms with E-state index in [-0.39, 0.29) is 24.4 Å². The highest BCUT2D eigenvalue weighted by Gasteiger charge is 2.54. The molecule has 1 saturated heterocycles. The summed E-state index contributed by atoms with van der Waals surface area (Å²) in [6, 6.07) is 5.65. The average molecular weight is 386 g/mol. The van der Waals surface area contributed by atoms with Gasteiger partial charge in [0.05, 0.1) is 12.1 Å². The third-order valence-corrected chi connectivity index (χ3v) is 6.69. The van der Waals surface area contributed by atoms with Crippen LogP contribution in [0.1, 0.15) is 49.3 Å². The lowest BCUT2D eigenvalue weighted by Gasteiger charge is -2.36. The van der Waals surface area contributed by atoms with E-state index >= 15 is 0 Å². The first-order chi connectivity index (χ1) is 12.8. The van der Waals surface area contributed by atoms with E-state index in [1.54, 1.807) is 0 Å². The highest BCUT2D eigenvalue weighted by atomic mass is 35.5. The zero-order valence-electron chi connectivity index (χ0n) is 15.9. The molecule has 6 heteroatoms. The summed E-state index contributed by atoms with van der Waals surface area (Å²) >= 11 is 6.43. The third kappa shape index (κ3) is 2.80. The number of pyridine rings is 1. The molecule has 142 valence electrons. The highest BCUT2D eigenvalue weighted by molar-refractivity contribution is 6.30. The van der Waals surface area contributed by atoms with E-state index in [1.165, 1.54) is 4.90 Å². The number of halogens is 1. The fourth-order valence-electron chi connectivity index (χ4n) is 4.42. The maximum Gasteiger partial charge on any atom is 0.325 e. The molecule has 0 bridgehead atoms. The van der Waals surface area contributed by atoms with Gasteiger partial charge >= 0.3 is 6.03 Å². The molecule has 5 nitrogen and oxygen atoms in total. The largest absolute Gasteiger partial charge is 0.325 e. The third-order valence-electron chi connectivity index (χ3n) is 6.37. The number of aromatic nitrogens is 1. The molecule has 2 aliphatic rings. The summed E-state index contributed by atoms with van der Waals surface area (Å²) in [4.78, 5) is 31.6. The van der Waals surface area contributed by atoms with Gasteiger partial charge in [0.1, 0.15) is 10.7 Å². The minimum absolute atomic E-state index is 0.129. The van der Waals surface area contributed by atoms with Crippen LogP contribution in [-0.2, 0) is 11.3 Å². The molecule has 1 saturated carbocycles. The lowest BCUT2D eigenvalue weighted by molar-refractivity contribution is -0.134. The summed E-state index contributed by atoms with van der Waals surface area (Å²) in [6.07, 6.45) is 3.72. The highest BCUT2D eigenvalue weighted by Crippen LogP contribution is 2.39. The molecule has 1 aromatic heterocycles. The Labute approximate surface area is 164 Å². The Balaban J connectivity index is 1.68. The van der Waals surface area contributed by atoms with Gasteiger partial charge in [0.15, 0.2) is 0 Å². The van der Waals surface area contributed by atoms with Gasteiger partial charge in [0.25, 0.3) is 5.91 Å². The Morgan fingerprint density at radius 2 is 2.07 bits per heavy atom. The zero-order chi connectivity index (χ0) is 19.3. The van der Waals surface area contributed by atoms with Gasteiger partial charge in [-0.2, -0.15) is 0 Å². The van der Waals surface area contributed by atoms with Crippen LogP contribution < -0.4 is 5.32 Å². The second-order valence-electron chi connectivity index (χ2n) is 7.96. The van der Waals surface area contributed by atoms with Crippen molar-refractivity contribution in [2.75, 3.05) is 0 Å². The molecule has 1 spiro atoms. The van der Waals surface area contributed by atoms with Crippen molar-refractivity contribution in [2.45, 2.75) is 58.5 Å². The van der Waals surface area contributed by atoms with Gasteiger partial charge in [-0.25, -0.2) is 9.78 Å². The summed E-state index contributed by atoms with van der Waals surface area (Å²) < 4.78 is 0. The number of hydrogen-bond acceptors (Lipinski definition) is 3. The number of benzene rings is 1. The van der Waals surface area contributed by atoms with Crippen LogP contribution in [0.5, 0.6) is 0 Å². The van der Waals surface area contributed by atoms with Crippen LogP contribution in [0.4, 0.5) is 4.79 Å². The van der Waals surface area contributed by atoms with E-state index in [9.17, 15) is 9.59 Å². The SMILES string of the molecule is Cc1ccc2cc(CN3C(=O)N[C@]4(CCCC[C@@H]4C)C3=O)c(Cl)nc2c1C. The fourth-order valence-corrected chi connectivity index (χ4v) is 4.62. The minimum atomic E-state index is -0.750. The summed E-state index contributed by atoms with van der Waals surface area (Å²) in [7, 11) is 0. The number of nitrogens with zero attached hydrogens (tertiary/aromatic N) is 2. The maximum absolute atomic E-state index is 13.2. The van der Waals surface area contributed by atoms with Gasteiger partial charge in [-0.3, -0.25) is 9.69 Å². The van der Waals surface area contributed by atoms with Crippen molar-refractivity contribution in [2.24, 2.45) is 5.92 Å². The van der Waals surface area contributed by atoms with Crippen molar-refractivity contribution < 1.29 is 9.59 Å². The van der Waals surface area contributed by atoms with Crippen LogP contribution in [0, 0.1) is 19.8 Å². The van der Waals surface area contributed by atoms with Crippen LogP contribution in [0.2, 0.25) is 5.15 Å². The van der Waals surface area contributed by atoms with E-state index in [4.69, 9.17) is 11.6 Å². The minimum Gasteiger partial charge on any atom is -0.323 e. The molecule has 0 radical (unpaired) electrons. The number of fused-ring (bicyclic) bond motifs is 1. The number of imide groups is 1. The van der Waals surface area contributed by atoms with Gasteiger partial charge in [-0.1, -0.05) is 43.5 Å². The van der Waals surface area contributed by atoms with Gasteiger partial charge < -0.3 is 5.32 Å². The van der Waals surface area contributed by atoms with Crippen LogP contribution in [0.15, 0.2) is 18.2 Å². The number of carbonyl (C=O) groups is 2. The topological polar surface area (TPSA) is 62.3 Å². The monoisotopic (exact) mass is 385 g/mol. The van der Waals surface area contributed by atoms with Crippen molar-refractivity contribution in [3.05, 3.63) is 40.0 Å². The van der Waals surface area contributed by atoms with Crippen LogP contribution >= 0.6 is 11.6 Å². The Bertz CT molecular complexity index is 958. The van der Waals surface area contributed by atoms with Gasteiger partial charge in [0.2, 0.25) is 0 Å². The van der Waals surface area contributed by atoms with Crippen molar-refractivity contribution in [1.82, 2.24) is 15.2 Å². The number of hydrogen-bond donors (Lipinski definition) is 1. The van der Waals surface area contributed by atoms with Gasteiger partial charge in [-0.05, 0) is 49.8 Å². The van der Waals surface area contributed by atoms with Gasteiger partial charge in [-0.15, -0.1) is 0 Å². The molecule has 2 aromatic rings. The molecule has 2 heterocycles. The number of rotatable bonds is 2. The molecular formula is C21H24ClN3O2. The molecule has 4 rings (SSSR count). The van der Waals surface area contributed by atoms with Crippen LogP contribution in [0.3, 0.4) is 0 Å². The Hall–Kier alpha value is -2.14. The Morgan fingerprint density at radius 1 is 1.30 bits per heavy atom. The predicted octanol–water partition coefficient (Wildman–Crippen LogP) is 4.51. The first-order valence-corrected chi connectivity index (χ1v) is 9.91. The molecule has 1 aromatic carbocycles. The first-order valence-electron chi connectivity index (χ1n) is 9.53. The molecule has 27 heavy (non-hydrogen) atoms. The van der Waals surface area contributed by atoms with Crippen molar-refractivity contribution in [3.8, 4) is 0 Å². The normalized spacial score (nSPS) is 25.5. The summed E-state index contributed by atoms with van der Waals surface area (Å²) in [5.74, 6) is 0.0134. The standard InChI is InChI=1S/C21H24ClN3O2/c1-12-7-8-15-10-16(18(22)23-17(15)14(12)3)11-25-19(26)21(24-20(25)27)9-5-4-6-13(21)2/h7-8,10,13H,4-6,9,11H2,1-3H3,(H,24,27)/t13-,21-/m0/s1. The average Bonchev–Trinajstić information content (AvgIpc) is 2.87. The molecule has 1 aliphatic heterocycles. The fraction of sp³-hybridized carbons (Fsp3) is 0.476. The van der Waals surface area contributed by atoms with Crippen LogP contribution in [-0.4, -0.2) is 27.4 Å². The van der Waals surface area contributed by atoms with E-state index < -0.39 is 5.54 Å². The number of amides is 3. The second-order valence-corrected chi connectivity index (χ2v) is 8.32. The quantitative estimate of drug-likeness (QED) is 0.611. The summed E-state index contributed by atoms with van der Waals surface area (Å²) in [6.45, 7) is 6.26. The van der Waals surface area contributed by atoms with E-state index in [2.05, 4.69) is 17.2 Å². The summed E-state index contributed by atoms with van der Waals surface area (Å²) in [5.41, 5.74) is 3.04. The molecule has 0 unspecified atom stereocenters. The molecule has 2 fully saturated rings. The lowest BCUT2D eigenvalue weighted by Crippen LogP contribution is -2.53. The molecule has 2 atom stereocenters. The Morgan fingerprint density at radius 3 is 2.81 bits per heavy atom. The Kier molecular flexibility index (Phi) is 4.38. The van der Waals surface area contributed by atoms with Gasteiger partial charge in [0, 0.05) is 10.9 Å².